The number of hydrogen-bond acceptors (Lipinski definition) is 2. The molecular formula is C15H28N2O. The third-order valence-electron chi connectivity index (χ3n) is 5.03. The molecule has 0 spiro atoms. The van der Waals surface area contributed by atoms with Crippen molar-refractivity contribution in [3.8, 4) is 0 Å². The second-order valence-corrected chi connectivity index (χ2v) is 6.30. The minimum Gasteiger partial charge on any atom is -0.353 e. The molecule has 0 heterocycles. The average molecular weight is 252 g/mol. The summed E-state index contributed by atoms with van der Waals surface area (Å²) in [6, 6.07) is 0.368. The lowest BCUT2D eigenvalue weighted by atomic mass is 9.81. The maximum absolute atomic E-state index is 12.2. The van der Waals surface area contributed by atoms with Crippen LogP contribution in [0.3, 0.4) is 0 Å². The summed E-state index contributed by atoms with van der Waals surface area (Å²) in [4.78, 5) is 12.2. The fourth-order valence-corrected chi connectivity index (χ4v) is 3.58. The van der Waals surface area contributed by atoms with Gasteiger partial charge in [0.15, 0.2) is 0 Å². The Hall–Kier alpha value is -0.570. The van der Waals surface area contributed by atoms with Crippen molar-refractivity contribution in [1.29, 1.82) is 0 Å². The van der Waals surface area contributed by atoms with Gasteiger partial charge < -0.3 is 11.1 Å². The Labute approximate surface area is 111 Å². The van der Waals surface area contributed by atoms with Gasteiger partial charge in [-0.1, -0.05) is 12.8 Å². The Morgan fingerprint density at radius 1 is 1.17 bits per heavy atom. The summed E-state index contributed by atoms with van der Waals surface area (Å²) in [5.41, 5.74) is 5.69. The van der Waals surface area contributed by atoms with E-state index in [-0.39, 0.29) is 5.92 Å². The van der Waals surface area contributed by atoms with Gasteiger partial charge >= 0.3 is 0 Å². The van der Waals surface area contributed by atoms with E-state index in [0.717, 1.165) is 32.2 Å². The van der Waals surface area contributed by atoms with Crippen LogP contribution in [0.25, 0.3) is 0 Å². The number of amides is 1. The zero-order chi connectivity index (χ0) is 13.0. The zero-order valence-electron chi connectivity index (χ0n) is 11.7. The monoisotopic (exact) mass is 252 g/mol. The van der Waals surface area contributed by atoms with E-state index < -0.39 is 0 Å². The van der Waals surface area contributed by atoms with Gasteiger partial charge in [0, 0.05) is 12.0 Å². The van der Waals surface area contributed by atoms with Crippen LogP contribution in [-0.4, -0.2) is 18.5 Å². The molecule has 3 nitrogen and oxygen atoms in total. The Kier molecular flexibility index (Phi) is 5.04. The van der Waals surface area contributed by atoms with Gasteiger partial charge in [0.05, 0.1) is 0 Å². The first kappa shape index (κ1) is 13.9. The smallest absolute Gasteiger partial charge is 0.223 e. The van der Waals surface area contributed by atoms with Gasteiger partial charge in [0.2, 0.25) is 5.91 Å². The largest absolute Gasteiger partial charge is 0.353 e. The number of carbonyl (C=O) groups is 1. The van der Waals surface area contributed by atoms with Crippen LogP contribution in [0.5, 0.6) is 0 Å². The van der Waals surface area contributed by atoms with Gasteiger partial charge in [-0.25, -0.2) is 0 Å². The van der Waals surface area contributed by atoms with E-state index in [1.165, 1.54) is 25.7 Å². The Bertz CT molecular complexity index is 266. The topological polar surface area (TPSA) is 55.1 Å². The minimum absolute atomic E-state index is 0.247. The molecule has 18 heavy (non-hydrogen) atoms. The second-order valence-electron chi connectivity index (χ2n) is 6.30. The van der Waals surface area contributed by atoms with Crippen LogP contribution < -0.4 is 11.1 Å². The first-order valence-corrected chi connectivity index (χ1v) is 7.71. The molecule has 2 aliphatic carbocycles. The summed E-state index contributed by atoms with van der Waals surface area (Å²) in [7, 11) is 0. The highest BCUT2D eigenvalue weighted by Crippen LogP contribution is 2.30. The van der Waals surface area contributed by atoms with Gasteiger partial charge in [0.25, 0.3) is 0 Å². The van der Waals surface area contributed by atoms with Crippen molar-refractivity contribution >= 4 is 5.91 Å². The lowest BCUT2D eigenvalue weighted by Crippen LogP contribution is -2.42. The highest BCUT2D eigenvalue weighted by Gasteiger charge is 2.28. The van der Waals surface area contributed by atoms with E-state index in [9.17, 15) is 4.79 Å². The summed E-state index contributed by atoms with van der Waals surface area (Å²) < 4.78 is 0. The molecule has 2 fully saturated rings. The number of hydrogen-bond donors (Lipinski definition) is 2. The average Bonchev–Trinajstić information content (AvgIpc) is 2.92. The maximum atomic E-state index is 12.2. The molecule has 0 radical (unpaired) electrons. The molecule has 3 N–H and O–H groups in total. The Morgan fingerprint density at radius 2 is 1.78 bits per heavy atom. The van der Waals surface area contributed by atoms with Crippen molar-refractivity contribution in [1.82, 2.24) is 5.32 Å². The summed E-state index contributed by atoms with van der Waals surface area (Å²) >= 11 is 0. The van der Waals surface area contributed by atoms with Crippen molar-refractivity contribution < 1.29 is 4.79 Å². The molecule has 0 aromatic rings. The molecule has 0 aromatic heterocycles. The molecule has 0 saturated heterocycles. The van der Waals surface area contributed by atoms with Crippen molar-refractivity contribution in [3.05, 3.63) is 0 Å². The molecular weight excluding hydrogens is 224 g/mol. The molecule has 0 aromatic carbocycles. The van der Waals surface area contributed by atoms with Crippen LogP contribution in [0.1, 0.15) is 58.3 Å². The molecule has 1 amide bonds. The van der Waals surface area contributed by atoms with Gasteiger partial charge in [-0.3, -0.25) is 4.79 Å². The quantitative estimate of drug-likeness (QED) is 0.807. The summed E-state index contributed by atoms with van der Waals surface area (Å²) in [5.74, 6) is 1.91. The van der Waals surface area contributed by atoms with Crippen molar-refractivity contribution in [3.63, 3.8) is 0 Å². The summed E-state index contributed by atoms with van der Waals surface area (Å²) in [5, 5.41) is 3.25. The van der Waals surface area contributed by atoms with Gasteiger partial charge in [-0.2, -0.15) is 0 Å². The molecule has 0 bridgehead atoms. The predicted octanol–water partition coefficient (Wildman–Crippen LogP) is 2.45. The van der Waals surface area contributed by atoms with Gasteiger partial charge in [-0.05, 0) is 63.8 Å². The van der Waals surface area contributed by atoms with E-state index in [1.54, 1.807) is 0 Å². The van der Waals surface area contributed by atoms with E-state index in [2.05, 4.69) is 12.2 Å². The van der Waals surface area contributed by atoms with E-state index in [1.807, 2.05) is 0 Å². The molecule has 104 valence electrons. The fraction of sp³-hybridized carbons (Fsp3) is 0.933. The number of nitrogens with one attached hydrogen (secondary N) is 1. The van der Waals surface area contributed by atoms with Crippen molar-refractivity contribution in [2.45, 2.75) is 64.3 Å². The van der Waals surface area contributed by atoms with E-state index in [4.69, 9.17) is 5.73 Å². The Morgan fingerprint density at radius 3 is 2.33 bits per heavy atom. The maximum Gasteiger partial charge on any atom is 0.223 e. The van der Waals surface area contributed by atoms with Crippen LogP contribution >= 0.6 is 0 Å². The molecule has 2 aliphatic rings. The van der Waals surface area contributed by atoms with Crippen LogP contribution in [-0.2, 0) is 4.79 Å². The highest BCUT2D eigenvalue weighted by molar-refractivity contribution is 5.79. The van der Waals surface area contributed by atoms with Crippen LogP contribution in [0.15, 0.2) is 0 Å². The number of rotatable bonds is 4. The number of carbonyl (C=O) groups excluding carboxylic acids is 1. The van der Waals surface area contributed by atoms with Crippen LogP contribution in [0.2, 0.25) is 0 Å². The second kappa shape index (κ2) is 6.55. The highest BCUT2D eigenvalue weighted by atomic mass is 16.1. The predicted molar refractivity (Wildman–Crippen MR) is 74.1 cm³/mol. The molecule has 0 aliphatic heterocycles. The standard InChI is InChI=1S/C15H28N2O/c1-11(13-4-2-3-5-13)17-15(18)14-8-6-12(10-16)7-9-14/h11-14H,2-10,16H2,1H3,(H,17,18). The molecule has 2 saturated carbocycles. The fourth-order valence-electron chi connectivity index (χ4n) is 3.58. The molecule has 2 rings (SSSR count). The molecule has 3 heteroatoms. The zero-order valence-corrected chi connectivity index (χ0v) is 11.7. The third kappa shape index (κ3) is 3.47. The van der Waals surface area contributed by atoms with E-state index in [0.29, 0.717) is 23.8 Å². The van der Waals surface area contributed by atoms with Gasteiger partial charge in [0.1, 0.15) is 0 Å². The minimum atomic E-state index is 0.247. The summed E-state index contributed by atoms with van der Waals surface area (Å²) in [6.07, 6.45) is 9.59. The first-order valence-electron chi connectivity index (χ1n) is 7.71. The Balaban J connectivity index is 1.74. The van der Waals surface area contributed by atoms with Crippen LogP contribution in [0.4, 0.5) is 0 Å². The van der Waals surface area contributed by atoms with Gasteiger partial charge in [-0.15, -0.1) is 0 Å². The third-order valence-corrected chi connectivity index (χ3v) is 5.03. The van der Waals surface area contributed by atoms with E-state index >= 15 is 0 Å². The number of nitrogens with two attached hydrogens (primary N) is 1. The SMILES string of the molecule is CC(NC(=O)C1CCC(CN)CC1)C1CCCC1. The molecule has 1 unspecified atom stereocenters. The van der Waals surface area contributed by atoms with Crippen molar-refractivity contribution in [2.24, 2.45) is 23.5 Å². The summed E-state index contributed by atoms with van der Waals surface area (Å²) in [6.45, 7) is 2.96. The molecule has 1 atom stereocenters. The lowest BCUT2D eigenvalue weighted by molar-refractivity contribution is -0.127. The van der Waals surface area contributed by atoms with Crippen LogP contribution in [0, 0.1) is 17.8 Å². The van der Waals surface area contributed by atoms with Crippen molar-refractivity contribution in [2.75, 3.05) is 6.54 Å². The normalized spacial score (nSPS) is 31.2. The lowest BCUT2D eigenvalue weighted by Gasteiger charge is -2.29. The first-order chi connectivity index (χ1) is 8.70.